The Morgan fingerprint density at radius 1 is 1.33 bits per heavy atom. The molecule has 21 heavy (non-hydrogen) atoms. The van der Waals surface area contributed by atoms with Crippen LogP contribution in [0.2, 0.25) is 0 Å². The molecule has 7 heteroatoms. The lowest BCUT2D eigenvalue weighted by molar-refractivity contribution is 0.399. The monoisotopic (exact) mass is 324 g/mol. The molecule has 0 spiro atoms. The number of benzene rings is 1. The van der Waals surface area contributed by atoms with Crippen molar-refractivity contribution in [2.75, 3.05) is 5.73 Å². The summed E-state index contributed by atoms with van der Waals surface area (Å²) in [6.45, 7) is 0.372. The summed E-state index contributed by atoms with van der Waals surface area (Å²) in [5, 5.41) is 13.3. The molecule has 5 nitrogen and oxygen atoms in total. The van der Waals surface area contributed by atoms with Gasteiger partial charge in [0.25, 0.3) is 0 Å². The number of anilines is 1. The standard InChI is InChI=1S/C14H16N2O3S2/c15-13-7-12(3-4-14(13)17)21(18,19)16(11-1-2-11)8-10-5-6-20-9-10/h3-7,9,11,17H,1-2,8,15H2. The Bertz CT molecular complexity index is 738. The minimum Gasteiger partial charge on any atom is -0.506 e. The number of nitrogen functional groups attached to an aromatic ring is 1. The number of rotatable bonds is 5. The van der Waals surface area contributed by atoms with Crippen molar-refractivity contribution in [3.63, 3.8) is 0 Å². The number of phenolic OH excluding ortho intramolecular Hbond substituents is 1. The van der Waals surface area contributed by atoms with Gasteiger partial charge in [0.05, 0.1) is 10.6 Å². The lowest BCUT2D eigenvalue weighted by Crippen LogP contribution is -2.32. The number of nitrogens with two attached hydrogens (primary N) is 1. The predicted molar refractivity (Wildman–Crippen MR) is 82.6 cm³/mol. The van der Waals surface area contributed by atoms with Crippen molar-refractivity contribution in [1.29, 1.82) is 0 Å². The smallest absolute Gasteiger partial charge is 0.243 e. The number of sulfonamides is 1. The molecular weight excluding hydrogens is 308 g/mol. The Balaban J connectivity index is 1.95. The van der Waals surface area contributed by atoms with Crippen LogP contribution in [0.3, 0.4) is 0 Å². The van der Waals surface area contributed by atoms with E-state index in [1.54, 1.807) is 11.3 Å². The van der Waals surface area contributed by atoms with Crippen LogP contribution in [0.1, 0.15) is 18.4 Å². The molecule has 0 unspecified atom stereocenters. The van der Waals surface area contributed by atoms with E-state index in [4.69, 9.17) is 5.73 Å². The molecule has 0 radical (unpaired) electrons. The zero-order valence-electron chi connectivity index (χ0n) is 11.3. The minimum absolute atomic E-state index is 0.0601. The van der Waals surface area contributed by atoms with Crippen LogP contribution in [-0.4, -0.2) is 23.9 Å². The van der Waals surface area contributed by atoms with E-state index in [-0.39, 0.29) is 22.4 Å². The summed E-state index contributed by atoms with van der Waals surface area (Å²) in [7, 11) is -3.61. The van der Waals surface area contributed by atoms with Crippen molar-refractivity contribution in [1.82, 2.24) is 4.31 Å². The van der Waals surface area contributed by atoms with Gasteiger partial charge in [-0.3, -0.25) is 0 Å². The fourth-order valence-electron chi connectivity index (χ4n) is 2.16. The third-order valence-corrected chi connectivity index (χ3v) is 6.10. The highest BCUT2D eigenvalue weighted by Gasteiger charge is 2.38. The summed E-state index contributed by atoms with van der Waals surface area (Å²) in [6.07, 6.45) is 1.77. The second-order valence-corrected chi connectivity index (χ2v) is 7.80. The number of nitrogens with zero attached hydrogens (tertiary/aromatic N) is 1. The SMILES string of the molecule is Nc1cc(S(=O)(=O)N(Cc2ccsc2)C2CC2)ccc1O. The Kier molecular flexibility index (Phi) is 3.64. The molecule has 1 aromatic carbocycles. The molecule has 1 saturated carbocycles. The van der Waals surface area contributed by atoms with Gasteiger partial charge in [-0.05, 0) is 53.4 Å². The molecule has 3 N–H and O–H groups in total. The number of hydrogen-bond acceptors (Lipinski definition) is 5. The van der Waals surface area contributed by atoms with E-state index in [9.17, 15) is 13.5 Å². The van der Waals surface area contributed by atoms with Crippen molar-refractivity contribution in [2.45, 2.75) is 30.3 Å². The molecule has 0 bridgehead atoms. The Morgan fingerprint density at radius 2 is 2.10 bits per heavy atom. The van der Waals surface area contributed by atoms with Gasteiger partial charge >= 0.3 is 0 Å². The number of thiophene rings is 1. The Hall–Kier alpha value is -1.57. The fourth-order valence-corrected chi connectivity index (χ4v) is 4.53. The first-order chi connectivity index (χ1) is 9.98. The normalized spacial score (nSPS) is 15.5. The quantitative estimate of drug-likeness (QED) is 0.653. The van der Waals surface area contributed by atoms with Crippen LogP contribution in [0.4, 0.5) is 5.69 Å². The highest BCUT2D eigenvalue weighted by atomic mass is 32.2. The molecule has 0 amide bonds. The second-order valence-electron chi connectivity index (χ2n) is 5.13. The topological polar surface area (TPSA) is 83.6 Å². The lowest BCUT2D eigenvalue weighted by atomic mass is 10.3. The zero-order chi connectivity index (χ0) is 15.0. The highest BCUT2D eigenvalue weighted by Crippen LogP contribution is 2.35. The summed E-state index contributed by atoms with van der Waals surface area (Å²) >= 11 is 1.55. The molecule has 0 aliphatic heterocycles. The van der Waals surface area contributed by atoms with Crippen molar-refractivity contribution >= 4 is 27.0 Å². The molecule has 1 aliphatic rings. The maximum absolute atomic E-state index is 12.8. The van der Waals surface area contributed by atoms with Crippen LogP contribution in [0, 0.1) is 0 Å². The van der Waals surface area contributed by atoms with Crippen molar-refractivity contribution in [2.24, 2.45) is 0 Å². The van der Waals surface area contributed by atoms with E-state index in [2.05, 4.69) is 0 Å². The van der Waals surface area contributed by atoms with E-state index in [0.717, 1.165) is 18.4 Å². The summed E-state index contributed by atoms with van der Waals surface area (Å²) in [6, 6.07) is 6.01. The predicted octanol–water partition coefficient (Wildman–Crippen LogP) is 2.39. The van der Waals surface area contributed by atoms with Crippen LogP contribution >= 0.6 is 11.3 Å². The van der Waals surface area contributed by atoms with E-state index in [1.165, 1.54) is 22.5 Å². The van der Waals surface area contributed by atoms with Gasteiger partial charge in [0, 0.05) is 12.6 Å². The van der Waals surface area contributed by atoms with Gasteiger partial charge < -0.3 is 10.8 Å². The first kappa shape index (κ1) is 14.4. The van der Waals surface area contributed by atoms with Gasteiger partial charge in [0.2, 0.25) is 10.0 Å². The zero-order valence-corrected chi connectivity index (χ0v) is 12.9. The Labute approximate surface area is 127 Å². The third-order valence-electron chi connectivity index (χ3n) is 3.48. The van der Waals surface area contributed by atoms with Gasteiger partial charge in [-0.15, -0.1) is 0 Å². The van der Waals surface area contributed by atoms with Gasteiger partial charge in [0.15, 0.2) is 0 Å². The average molecular weight is 324 g/mol. The van der Waals surface area contributed by atoms with Crippen LogP contribution in [0.25, 0.3) is 0 Å². The summed E-state index contributed by atoms with van der Waals surface area (Å²) < 4.78 is 27.1. The van der Waals surface area contributed by atoms with Gasteiger partial charge in [0.1, 0.15) is 5.75 Å². The number of hydrogen-bond donors (Lipinski definition) is 2. The van der Waals surface area contributed by atoms with Crippen molar-refractivity contribution < 1.29 is 13.5 Å². The second kappa shape index (κ2) is 5.32. The lowest BCUT2D eigenvalue weighted by Gasteiger charge is -2.21. The molecule has 1 aromatic heterocycles. The summed E-state index contributed by atoms with van der Waals surface area (Å²) in [5.74, 6) is -0.107. The molecule has 1 heterocycles. The molecule has 1 fully saturated rings. The van der Waals surface area contributed by atoms with Crippen molar-refractivity contribution in [3.8, 4) is 5.75 Å². The van der Waals surface area contributed by atoms with Crippen molar-refractivity contribution in [3.05, 3.63) is 40.6 Å². The van der Waals surface area contributed by atoms with E-state index < -0.39 is 10.0 Å². The van der Waals surface area contributed by atoms with Crippen LogP contribution in [-0.2, 0) is 16.6 Å². The fraction of sp³-hybridized carbons (Fsp3) is 0.286. The molecular formula is C14H16N2O3S2. The Morgan fingerprint density at radius 3 is 2.67 bits per heavy atom. The molecule has 0 saturated heterocycles. The highest BCUT2D eigenvalue weighted by molar-refractivity contribution is 7.89. The van der Waals surface area contributed by atoms with E-state index >= 15 is 0 Å². The van der Waals surface area contributed by atoms with Gasteiger partial charge in [-0.1, -0.05) is 0 Å². The third kappa shape index (κ3) is 2.90. The molecule has 1 aliphatic carbocycles. The molecule has 0 atom stereocenters. The summed E-state index contributed by atoms with van der Waals surface area (Å²) in [4.78, 5) is 0.125. The molecule has 3 rings (SSSR count). The first-order valence-corrected chi connectivity index (χ1v) is 8.98. The number of phenols is 1. The molecule has 112 valence electrons. The van der Waals surface area contributed by atoms with Crippen LogP contribution < -0.4 is 5.73 Å². The average Bonchev–Trinajstić information content (AvgIpc) is 3.15. The van der Waals surface area contributed by atoms with E-state index in [0.29, 0.717) is 6.54 Å². The van der Waals surface area contributed by atoms with E-state index in [1.807, 2.05) is 16.8 Å². The van der Waals surface area contributed by atoms with Gasteiger partial charge in [-0.2, -0.15) is 15.6 Å². The minimum atomic E-state index is -3.61. The van der Waals surface area contributed by atoms with Crippen LogP contribution in [0.15, 0.2) is 39.9 Å². The molecule has 2 aromatic rings. The summed E-state index contributed by atoms with van der Waals surface area (Å²) in [5.41, 5.74) is 6.67. The van der Waals surface area contributed by atoms with Crippen LogP contribution in [0.5, 0.6) is 5.75 Å². The largest absolute Gasteiger partial charge is 0.506 e. The maximum Gasteiger partial charge on any atom is 0.243 e. The first-order valence-electron chi connectivity index (χ1n) is 6.60. The number of aromatic hydroxyl groups is 1. The maximum atomic E-state index is 12.8. The van der Waals surface area contributed by atoms with Gasteiger partial charge in [-0.25, -0.2) is 8.42 Å².